The van der Waals surface area contributed by atoms with Gasteiger partial charge < -0.3 is 9.84 Å². The van der Waals surface area contributed by atoms with Crippen LogP contribution in [0.25, 0.3) is 0 Å². The summed E-state index contributed by atoms with van der Waals surface area (Å²) in [7, 11) is -3.72. The lowest BCUT2D eigenvalue weighted by Crippen LogP contribution is -2.26. The molecule has 140 valence electrons. The molecule has 0 bridgehead atoms. The van der Waals surface area contributed by atoms with Gasteiger partial charge in [0.15, 0.2) is 5.82 Å². The molecular weight excluding hydrogens is 366 g/mol. The highest BCUT2D eigenvalue weighted by molar-refractivity contribution is 7.89. The van der Waals surface area contributed by atoms with Crippen molar-refractivity contribution in [2.75, 3.05) is 11.9 Å². The number of aromatic nitrogens is 1. The van der Waals surface area contributed by atoms with Crippen LogP contribution < -0.4 is 10.0 Å². The summed E-state index contributed by atoms with van der Waals surface area (Å²) in [5.41, 5.74) is 1.25. The van der Waals surface area contributed by atoms with E-state index in [1.807, 2.05) is 30.3 Å². The van der Waals surface area contributed by atoms with Crippen LogP contribution in [0.5, 0.6) is 0 Å². The van der Waals surface area contributed by atoms with Gasteiger partial charge in [-0.25, -0.2) is 13.1 Å². The van der Waals surface area contributed by atoms with E-state index in [4.69, 9.17) is 4.52 Å². The number of aryl methyl sites for hydroxylation is 1. The number of hydrogen-bond donors (Lipinski definition) is 2. The number of hydrogen-bond acceptors (Lipinski definition) is 5. The van der Waals surface area contributed by atoms with Crippen LogP contribution in [0.3, 0.4) is 0 Å². The van der Waals surface area contributed by atoms with Crippen molar-refractivity contribution in [2.45, 2.75) is 18.2 Å². The smallest absolute Gasteiger partial charge is 0.256 e. The van der Waals surface area contributed by atoms with Gasteiger partial charge in [-0.05, 0) is 37.1 Å². The minimum atomic E-state index is -3.72. The molecule has 0 aliphatic heterocycles. The molecule has 3 rings (SSSR count). The third kappa shape index (κ3) is 5.02. The van der Waals surface area contributed by atoms with Gasteiger partial charge in [0, 0.05) is 18.2 Å². The topological polar surface area (TPSA) is 101 Å². The standard InChI is InChI=1S/C19H19N3O4S/c1-14-12-18(22-26-14)21-19(23)16-8-5-9-17(13-16)27(24,25)20-11-10-15-6-3-2-4-7-15/h2-9,12-13,20H,10-11H2,1H3,(H,21,22,23). The van der Waals surface area contributed by atoms with E-state index in [9.17, 15) is 13.2 Å². The summed E-state index contributed by atoms with van der Waals surface area (Å²) in [6.45, 7) is 1.97. The second-order valence-electron chi connectivity index (χ2n) is 5.94. The molecule has 3 aromatic rings. The number of anilines is 1. The first kappa shape index (κ1) is 18.8. The van der Waals surface area contributed by atoms with E-state index < -0.39 is 15.9 Å². The largest absolute Gasteiger partial charge is 0.360 e. The molecule has 27 heavy (non-hydrogen) atoms. The second-order valence-corrected chi connectivity index (χ2v) is 7.71. The maximum absolute atomic E-state index is 12.5. The van der Waals surface area contributed by atoms with Crippen LogP contribution in [0.2, 0.25) is 0 Å². The highest BCUT2D eigenvalue weighted by atomic mass is 32.2. The SMILES string of the molecule is Cc1cc(NC(=O)c2cccc(S(=O)(=O)NCCc3ccccc3)c2)no1. The van der Waals surface area contributed by atoms with E-state index in [0.717, 1.165) is 5.56 Å². The Bertz CT molecular complexity index is 1030. The normalized spacial score (nSPS) is 11.3. The van der Waals surface area contributed by atoms with Gasteiger partial charge in [-0.2, -0.15) is 0 Å². The van der Waals surface area contributed by atoms with E-state index in [-0.39, 0.29) is 22.8 Å². The third-order valence-corrected chi connectivity index (χ3v) is 5.28. The second kappa shape index (κ2) is 8.15. The fourth-order valence-electron chi connectivity index (χ4n) is 2.48. The molecule has 1 aromatic heterocycles. The summed E-state index contributed by atoms with van der Waals surface area (Å²) in [6, 6.07) is 17.0. The van der Waals surface area contributed by atoms with Crippen molar-refractivity contribution in [1.82, 2.24) is 9.88 Å². The molecule has 0 aliphatic rings. The predicted molar refractivity (Wildman–Crippen MR) is 101 cm³/mol. The summed E-state index contributed by atoms with van der Waals surface area (Å²) >= 11 is 0. The summed E-state index contributed by atoms with van der Waals surface area (Å²) < 4.78 is 32.4. The zero-order valence-corrected chi connectivity index (χ0v) is 15.5. The fourth-order valence-corrected chi connectivity index (χ4v) is 3.55. The zero-order chi connectivity index (χ0) is 19.3. The van der Waals surface area contributed by atoms with Gasteiger partial charge in [0.05, 0.1) is 4.90 Å². The van der Waals surface area contributed by atoms with Crippen LogP contribution in [0.15, 0.2) is 70.1 Å². The molecule has 0 spiro atoms. The maximum atomic E-state index is 12.5. The van der Waals surface area contributed by atoms with Crippen LogP contribution in [0, 0.1) is 6.92 Å². The minimum absolute atomic E-state index is 0.0274. The molecule has 0 saturated heterocycles. The average molecular weight is 385 g/mol. The van der Waals surface area contributed by atoms with E-state index in [1.54, 1.807) is 13.0 Å². The predicted octanol–water partition coefficient (Wildman–Crippen LogP) is 2.76. The van der Waals surface area contributed by atoms with E-state index in [2.05, 4.69) is 15.2 Å². The van der Waals surface area contributed by atoms with Crippen molar-refractivity contribution in [3.8, 4) is 0 Å². The lowest BCUT2D eigenvalue weighted by molar-refractivity contribution is 0.102. The number of rotatable bonds is 7. The van der Waals surface area contributed by atoms with Crippen LogP contribution in [0.4, 0.5) is 5.82 Å². The van der Waals surface area contributed by atoms with Gasteiger partial charge >= 0.3 is 0 Å². The molecule has 0 atom stereocenters. The van der Waals surface area contributed by atoms with E-state index >= 15 is 0 Å². The monoisotopic (exact) mass is 385 g/mol. The molecule has 0 radical (unpaired) electrons. The van der Waals surface area contributed by atoms with E-state index in [1.165, 1.54) is 24.3 Å². The molecule has 2 N–H and O–H groups in total. The van der Waals surface area contributed by atoms with Gasteiger partial charge in [-0.1, -0.05) is 41.6 Å². The Morgan fingerprint density at radius 3 is 2.56 bits per heavy atom. The Morgan fingerprint density at radius 2 is 1.85 bits per heavy atom. The Balaban J connectivity index is 1.66. The fraction of sp³-hybridized carbons (Fsp3) is 0.158. The number of amides is 1. The van der Waals surface area contributed by atoms with Gasteiger partial charge in [-0.15, -0.1) is 0 Å². The lowest BCUT2D eigenvalue weighted by atomic mass is 10.2. The number of nitrogens with one attached hydrogen (secondary N) is 2. The van der Waals surface area contributed by atoms with Crippen molar-refractivity contribution in [3.63, 3.8) is 0 Å². The van der Waals surface area contributed by atoms with Gasteiger partial charge in [-0.3, -0.25) is 4.79 Å². The van der Waals surface area contributed by atoms with Crippen LogP contribution in [-0.2, 0) is 16.4 Å². The Hall–Kier alpha value is -2.97. The van der Waals surface area contributed by atoms with Crippen molar-refractivity contribution in [3.05, 3.63) is 77.6 Å². The molecule has 0 aliphatic carbocycles. The van der Waals surface area contributed by atoms with Crippen LogP contribution in [-0.4, -0.2) is 26.0 Å². The van der Waals surface area contributed by atoms with Crippen LogP contribution in [0.1, 0.15) is 21.7 Å². The van der Waals surface area contributed by atoms with E-state index in [0.29, 0.717) is 12.2 Å². The summed E-state index contributed by atoms with van der Waals surface area (Å²) in [6.07, 6.45) is 0.575. The number of sulfonamides is 1. The number of carbonyl (C=O) groups is 1. The lowest BCUT2D eigenvalue weighted by Gasteiger charge is -2.08. The summed E-state index contributed by atoms with van der Waals surface area (Å²) in [4.78, 5) is 12.3. The Labute approximate surface area is 157 Å². The van der Waals surface area contributed by atoms with Gasteiger partial charge in [0.25, 0.3) is 5.91 Å². The molecule has 8 heteroatoms. The molecule has 7 nitrogen and oxygen atoms in total. The number of carbonyl (C=O) groups excluding carboxylic acids is 1. The van der Waals surface area contributed by atoms with Crippen molar-refractivity contribution >= 4 is 21.7 Å². The maximum Gasteiger partial charge on any atom is 0.256 e. The highest BCUT2D eigenvalue weighted by Crippen LogP contribution is 2.14. The molecule has 1 amide bonds. The first-order chi connectivity index (χ1) is 12.9. The Kier molecular flexibility index (Phi) is 5.68. The van der Waals surface area contributed by atoms with Crippen molar-refractivity contribution < 1.29 is 17.7 Å². The average Bonchev–Trinajstić information content (AvgIpc) is 3.07. The molecule has 2 aromatic carbocycles. The van der Waals surface area contributed by atoms with Crippen molar-refractivity contribution in [2.24, 2.45) is 0 Å². The molecule has 0 unspecified atom stereocenters. The highest BCUT2D eigenvalue weighted by Gasteiger charge is 2.16. The number of nitrogens with zero attached hydrogens (tertiary/aromatic N) is 1. The quantitative estimate of drug-likeness (QED) is 0.651. The van der Waals surface area contributed by atoms with Gasteiger partial charge in [0.2, 0.25) is 10.0 Å². The third-order valence-electron chi connectivity index (χ3n) is 3.82. The molecular formula is C19H19N3O4S. The summed E-state index contributed by atoms with van der Waals surface area (Å²) in [5.74, 6) is 0.362. The molecule has 0 fully saturated rings. The zero-order valence-electron chi connectivity index (χ0n) is 14.7. The van der Waals surface area contributed by atoms with Gasteiger partial charge in [0.1, 0.15) is 5.76 Å². The first-order valence-corrected chi connectivity index (χ1v) is 9.81. The number of benzene rings is 2. The van der Waals surface area contributed by atoms with Crippen molar-refractivity contribution in [1.29, 1.82) is 0 Å². The molecule has 1 heterocycles. The minimum Gasteiger partial charge on any atom is -0.360 e. The van der Waals surface area contributed by atoms with Crippen LogP contribution >= 0.6 is 0 Å². The summed E-state index contributed by atoms with van der Waals surface area (Å²) in [5, 5.41) is 6.25. The Morgan fingerprint density at radius 1 is 1.07 bits per heavy atom. The molecule has 0 saturated carbocycles. The first-order valence-electron chi connectivity index (χ1n) is 8.32.